The third-order valence-corrected chi connectivity index (χ3v) is 4.17. The number of nitrogens with one attached hydrogen (secondary N) is 2. The van der Waals surface area contributed by atoms with Gasteiger partial charge in [0.15, 0.2) is 0 Å². The third kappa shape index (κ3) is 4.61. The molecule has 0 unspecified atom stereocenters. The van der Waals surface area contributed by atoms with Crippen LogP contribution in [0.3, 0.4) is 0 Å². The Labute approximate surface area is 158 Å². The van der Waals surface area contributed by atoms with Crippen molar-refractivity contribution in [1.82, 2.24) is 9.97 Å². The number of ether oxygens (including phenoxy) is 1. The van der Waals surface area contributed by atoms with Gasteiger partial charge in [0.2, 0.25) is 0 Å². The summed E-state index contributed by atoms with van der Waals surface area (Å²) in [5.74, 6) is 1.26. The summed E-state index contributed by atoms with van der Waals surface area (Å²) in [4.78, 5) is 20.9. The minimum atomic E-state index is -0.164. The van der Waals surface area contributed by atoms with Gasteiger partial charge in [-0.1, -0.05) is 13.0 Å². The average Bonchev–Trinajstić information content (AvgIpc) is 2.68. The van der Waals surface area contributed by atoms with Crippen LogP contribution in [0.4, 0.5) is 17.2 Å². The molecule has 0 fully saturated rings. The first-order valence-electron chi connectivity index (χ1n) is 8.73. The highest BCUT2D eigenvalue weighted by Gasteiger charge is 2.10. The van der Waals surface area contributed by atoms with E-state index in [1.807, 2.05) is 31.2 Å². The van der Waals surface area contributed by atoms with Crippen molar-refractivity contribution in [3.63, 3.8) is 0 Å². The van der Waals surface area contributed by atoms with Crippen molar-refractivity contribution in [2.45, 2.75) is 20.3 Å². The fourth-order valence-corrected chi connectivity index (χ4v) is 2.69. The van der Waals surface area contributed by atoms with E-state index >= 15 is 0 Å². The lowest BCUT2D eigenvalue weighted by atomic mass is 10.1. The zero-order valence-electron chi connectivity index (χ0n) is 15.6. The van der Waals surface area contributed by atoms with E-state index in [0.29, 0.717) is 17.1 Å². The van der Waals surface area contributed by atoms with E-state index in [4.69, 9.17) is 4.74 Å². The number of carbonyl (C=O) groups is 1. The Bertz CT molecular complexity index is 939. The monoisotopic (exact) mass is 362 g/mol. The van der Waals surface area contributed by atoms with E-state index in [9.17, 15) is 4.79 Å². The highest BCUT2D eigenvalue weighted by atomic mass is 16.5. The molecule has 3 aromatic rings. The Morgan fingerprint density at radius 1 is 1.07 bits per heavy atom. The fourth-order valence-electron chi connectivity index (χ4n) is 2.69. The topological polar surface area (TPSA) is 76.1 Å². The molecule has 0 atom stereocenters. The first-order valence-corrected chi connectivity index (χ1v) is 8.73. The minimum Gasteiger partial charge on any atom is -0.497 e. The highest BCUT2D eigenvalue weighted by molar-refractivity contribution is 6.05. The van der Waals surface area contributed by atoms with Crippen LogP contribution >= 0.6 is 0 Å². The Kier molecular flexibility index (Phi) is 5.66. The second kappa shape index (κ2) is 8.31. The van der Waals surface area contributed by atoms with Crippen LogP contribution < -0.4 is 15.4 Å². The molecule has 3 rings (SSSR count). The smallest absolute Gasteiger partial charge is 0.255 e. The molecule has 0 aliphatic heterocycles. The van der Waals surface area contributed by atoms with E-state index in [-0.39, 0.29) is 5.91 Å². The van der Waals surface area contributed by atoms with E-state index < -0.39 is 0 Å². The number of methoxy groups -OCH3 is 1. The fraction of sp³-hybridized carbons (Fsp3) is 0.190. The number of aryl methyl sites for hydroxylation is 2. The van der Waals surface area contributed by atoms with Crippen LogP contribution in [0.1, 0.15) is 28.5 Å². The van der Waals surface area contributed by atoms with Gasteiger partial charge in [-0.2, -0.15) is 0 Å². The molecule has 2 N–H and O–H groups in total. The lowest BCUT2D eigenvalue weighted by molar-refractivity contribution is 0.102. The van der Waals surface area contributed by atoms with Crippen LogP contribution in [0.2, 0.25) is 0 Å². The molecule has 0 bridgehead atoms. The van der Waals surface area contributed by atoms with Crippen LogP contribution in [0, 0.1) is 6.92 Å². The van der Waals surface area contributed by atoms with Gasteiger partial charge in [-0.05, 0) is 55.3 Å². The molecule has 0 aliphatic carbocycles. The van der Waals surface area contributed by atoms with Crippen LogP contribution in [-0.2, 0) is 6.42 Å². The van der Waals surface area contributed by atoms with Crippen molar-refractivity contribution in [1.29, 1.82) is 0 Å². The molecule has 27 heavy (non-hydrogen) atoms. The number of amides is 1. The Hall–Kier alpha value is -3.41. The summed E-state index contributed by atoms with van der Waals surface area (Å²) in [5.41, 5.74) is 4.12. The van der Waals surface area contributed by atoms with E-state index in [1.165, 1.54) is 6.33 Å². The Balaban J connectivity index is 1.81. The molecule has 1 heterocycles. The predicted octanol–water partition coefficient (Wildman–Crippen LogP) is 4.35. The quantitative estimate of drug-likeness (QED) is 0.682. The number of hydrogen-bond donors (Lipinski definition) is 2. The van der Waals surface area contributed by atoms with Gasteiger partial charge in [-0.15, -0.1) is 0 Å². The number of carbonyl (C=O) groups excluding carboxylic acids is 1. The Morgan fingerprint density at radius 3 is 2.52 bits per heavy atom. The van der Waals surface area contributed by atoms with Crippen molar-refractivity contribution in [2.75, 3.05) is 17.7 Å². The molecule has 138 valence electrons. The molecule has 0 saturated heterocycles. The molecular formula is C21H22N4O2. The normalized spacial score (nSPS) is 10.3. The van der Waals surface area contributed by atoms with Gasteiger partial charge >= 0.3 is 0 Å². The number of anilines is 3. The molecular weight excluding hydrogens is 340 g/mol. The molecule has 0 saturated carbocycles. The van der Waals surface area contributed by atoms with Crippen molar-refractivity contribution in [3.05, 3.63) is 71.7 Å². The van der Waals surface area contributed by atoms with E-state index in [0.717, 1.165) is 29.1 Å². The second-order valence-electron chi connectivity index (χ2n) is 6.08. The minimum absolute atomic E-state index is 0.164. The van der Waals surface area contributed by atoms with E-state index in [2.05, 4.69) is 27.5 Å². The summed E-state index contributed by atoms with van der Waals surface area (Å²) >= 11 is 0. The number of hydrogen-bond acceptors (Lipinski definition) is 5. The molecule has 0 spiro atoms. The van der Waals surface area contributed by atoms with Gasteiger partial charge < -0.3 is 15.4 Å². The van der Waals surface area contributed by atoms with Crippen molar-refractivity contribution < 1.29 is 9.53 Å². The number of benzene rings is 2. The van der Waals surface area contributed by atoms with Crippen molar-refractivity contribution in [3.8, 4) is 5.75 Å². The van der Waals surface area contributed by atoms with Gasteiger partial charge in [0.25, 0.3) is 5.91 Å². The summed E-state index contributed by atoms with van der Waals surface area (Å²) in [6.45, 7) is 3.97. The average molecular weight is 362 g/mol. The second-order valence-corrected chi connectivity index (χ2v) is 6.08. The largest absolute Gasteiger partial charge is 0.497 e. The lowest BCUT2D eigenvalue weighted by Crippen LogP contribution is -2.13. The van der Waals surface area contributed by atoms with Gasteiger partial charge in [-0.3, -0.25) is 4.79 Å². The summed E-state index contributed by atoms with van der Waals surface area (Å²) in [5, 5.41) is 6.25. The van der Waals surface area contributed by atoms with Gasteiger partial charge in [0.05, 0.1) is 7.11 Å². The molecule has 1 amide bonds. The summed E-state index contributed by atoms with van der Waals surface area (Å²) < 4.78 is 5.13. The maximum Gasteiger partial charge on any atom is 0.255 e. The van der Waals surface area contributed by atoms with Gasteiger partial charge in [0.1, 0.15) is 17.9 Å². The van der Waals surface area contributed by atoms with E-state index in [1.54, 1.807) is 31.4 Å². The van der Waals surface area contributed by atoms with Crippen LogP contribution in [-0.4, -0.2) is 23.0 Å². The number of aromatic nitrogens is 2. The zero-order chi connectivity index (χ0) is 19.2. The standard InChI is InChI=1S/C21H22N4O2/c1-4-15-5-8-17(24-20-11-14(2)22-13-23-20)12-19(15)25-21(26)16-6-9-18(27-3)10-7-16/h5-13H,4H2,1-3H3,(H,25,26)(H,22,23,24). The van der Waals surface area contributed by atoms with Crippen LogP contribution in [0.25, 0.3) is 0 Å². The van der Waals surface area contributed by atoms with Crippen molar-refractivity contribution in [2.24, 2.45) is 0 Å². The first kappa shape index (κ1) is 18.4. The lowest BCUT2D eigenvalue weighted by Gasteiger charge is -2.13. The summed E-state index contributed by atoms with van der Waals surface area (Å²) in [7, 11) is 1.60. The predicted molar refractivity (Wildman–Crippen MR) is 107 cm³/mol. The molecule has 2 aromatic carbocycles. The van der Waals surface area contributed by atoms with Crippen LogP contribution in [0.5, 0.6) is 5.75 Å². The molecule has 0 aliphatic rings. The number of rotatable bonds is 6. The molecule has 6 nitrogen and oxygen atoms in total. The maximum atomic E-state index is 12.6. The zero-order valence-corrected chi connectivity index (χ0v) is 15.6. The highest BCUT2D eigenvalue weighted by Crippen LogP contribution is 2.25. The Morgan fingerprint density at radius 2 is 1.85 bits per heavy atom. The van der Waals surface area contributed by atoms with Crippen molar-refractivity contribution >= 4 is 23.1 Å². The maximum absolute atomic E-state index is 12.6. The molecule has 1 aromatic heterocycles. The SMILES string of the molecule is CCc1ccc(Nc2cc(C)ncn2)cc1NC(=O)c1ccc(OC)cc1. The first-order chi connectivity index (χ1) is 13.1. The van der Waals surface area contributed by atoms with Gasteiger partial charge in [0, 0.05) is 28.7 Å². The molecule has 0 radical (unpaired) electrons. The van der Waals surface area contributed by atoms with Gasteiger partial charge in [-0.25, -0.2) is 9.97 Å². The third-order valence-electron chi connectivity index (χ3n) is 4.17. The van der Waals surface area contributed by atoms with Crippen LogP contribution in [0.15, 0.2) is 54.9 Å². The summed E-state index contributed by atoms with van der Waals surface area (Å²) in [6.07, 6.45) is 2.33. The molecule has 6 heteroatoms. The number of nitrogens with zero attached hydrogens (tertiary/aromatic N) is 2. The summed E-state index contributed by atoms with van der Waals surface area (Å²) in [6, 6.07) is 14.8.